The van der Waals surface area contributed by atoms with Crippen LogP contribution in [0.25, 0.3) is 43.4 Å². The third kappa shape index (κ3) is 3.37. The normalized spacial score (nSPS) is 10.8. The van der Waals surface area contributed by atoms with E-state index in [-0.39, 0.29) is 0 Å². The number of nitrogens with zero attached hydrogens (tertiary/aromatic N) is 2. The third-order valence-electron chi connectivity index (χ3n) is 4.83. The van der Waals surface area contributed by atoms with Crippen molar-refractivity contribution in [2.24, 2.45) is 0 Å². The Balaban J connectivity index is 1.89. The monoisotopic (exact) mass is 390 g/mol. The number of pyridine rings is 2. The van der Waals surface area contributed by atoms with Crippen molar-refractivity contribution in [3.8, 4) is 43.4 Å². The van der Waals surface area contributed by atoms with Gasteiger partial charge in [-0.05, 0) is 35.4 Å². The van der Waals surface area contributed by atoms with E-state index in [0.717, 1.165) is 21.1 Å². The quantitative estimate of drug-likeness (QED) is 0.324. The van der Waals surface area contributed by atoms with Crippen molar-refractivity contribution in [2.75, 3.05) is 0 Å². The number of thiophene rings is 1. The Morgan fingerprint density at radius 1 is 0.448 bits per heavy atom. The molecule has 29 heavy (non-hydrogen) atoms. The zero-order valence-corrected chi connectivity index (χ0v) is 16.5. The van der Waals surface area contributed by atoms with Gasteiger partial charge in [-0.25, -0.2) is 0 Å². The minimum absolute atomic E-state index is 0.982. The largest absolute Gasteiger partial charge is 0.255 e. The molecule has 0 fully saturated rings. The number of benzene rings is 2. The van der Waals surface area contributed by atoms with Crippen LogP contribution in [0.2, 0.25) is 0 Å². The first-order valence-corrected chi connectivity index (χ1v) is 10.3. The van der Waals surface area contributed by atoms with Crippen molar-refractivity contribution in [1.29, 1.82) is 0 Å². The van der Waals surface area contributed by atoms with Crippen LogP contribution in [0, 0.1) is 0 Å². The van der Waals surface area contributed by atoms with E-state index in [2.05, 4.69) is 82.8 Å². The van der Waals surface area contributed by atoms with Crippen molar-refractivity contribution >= 4 is 11.3 Å². The van der Waals surface area contributed by atoms with Crippen LogP contribution in [0.4, 0.5) is 0 Å². The average Bonchev–Trinajstić information content (AvgIpc) is 3.22. The summed E-state index contributed by atoms with van der Waals surface area (Å²) in [6, 6.07) is 33.3. The SMILES string of the molecule is c1ccc(-c2c(-c3ccccn3)sc(-c3ccccn3)c2-c2ccccc2)cc1. The van der Waals surface area contributed by atoms with Gasteiger partial charge in [-0.15, -0.1) is 11.3 Å². The first kappa shape index (κ1) is 17.5. The molecule has 0 atom stereocenters. The molecule has 3 heteroatoms. The Morgan fingerprint density at radius 3 is 1.24 bits per heavy atom. The highest BCUT2D eigenvalue weighted by Crippen LogP contribution is 2.50. The highest BCUT2D eigenvalue weighted by atomic mass is 32.1. The van der Waals surface area contributed by atoms with E-state index in [1.807, 2.05) is 36.7 Å². The molecular formula is C26H18N2S. The molecule has 0 radical (unpaired) electrons. The number of hydrogen-bond donors (Lipinski definition) is 0. The predicted octanol–water partition coefficient (Wildman–Crippen LogP) is 7.21. The van der Waals surface area contributed by atoms with Crippen LogP contribution < -0.4 is 0 Å². The lowest BCUT2D eigenvalue weighted by atomic mass is 9.93. The molecule has 5 aromatic rings. The molecule has 0 saturated carbocycles. The van der Waals surface area contributed by atoms with Crippen LogP contribution in [-0.2, 0) is 0 Å². The molecular weight excluding hydrogens is 372 g/mol. The Hall–Kier alpha value is -3.56. The standard InChI is InChI=1S/C26H18N2S/c1-3-11-19(12-4-1)23-24(20-13-5-2-6-14-20)26(22-16-8-10-18-28-22)29-25(23)21-15-7-9-17-27-21/h1-18H. The molecule has 0 saturated heterocycles. The van der Waals surface area contributed by atoms with E-state index in [1.54, 1.807) is 11.3 Å². The van der Waals surface area contributed by atoms with E-state index in [0.29, 0.717) is 0 Å². The molecule has 0 bridgehead atoms. The molecule has 0 spiro atoms. The Bertz CT molecular complexity index is 1120. The van der Waals surface area contributed by atoms with E-state index in [9.17, 15) is 0 Å². The molecule has 2 nitrogen and oxygen atoms in total. The summed E-state index contributed by atoms with van der Waals surface area (Å²) in [4.78, 5) is 11.7. The first-order chi connectivity index (χ1) is 14.4. The minimum atomic E-state index is 0.982. The highest BCUT2D eigenvalue weighted by Gasteiger charge is 2.23. The molecule has 0 N–H and O–H groups in total. The van der Waals surface area contributed by atoms with Gasteiger partial charge in [-0.3, -0.25) is 9.97 Å². The molecule has 2 aromatic carbocycles. The lowest BCUT2D eigenvalue weighted by molar-refractivity contribution is 1.34. The van der Waals surface area contributed by atoms with Crippen molar-refractivity contribution in [2.45, 2.75) is 0 Å². The summed E-state index contributed by atoms with van der Waals surface area (Å²) in [5, 5.41) is 0. The van der Waals surface area contributed by atoms with Crippen LogP contribution in [-0.4, -0.2) is 9.97 Å². The smallest absolute Gasteiger partial charge is 0.0808 e. The zero-order valence-electron chi connectivity index (χ0n) is 15.7. The van der Waals surface area contributed by atoms with Gasteiger partial charge in [0.1, 0.15) is 0 Å². The average molecular weight is 391 g/mol. The molecule has 138 valence electrons. The maximum Gasteiger partial charge on any atom is 0.0808 e. The summed E-state index contributed by atoms with van der Waals surface area (Å²) in [5.41, 5.74) is 6.75. The Morgan fingerprint density at radius 2 is 0.862 bits per heavy atom. The fourth-order valence-electron chi connectivity index (χ4n) is 3.55. The summed E-state index contributed by atoms with van der Waals surface area (Å²) >= 11 is 1.76. The molecule has 3 heterocycles. The van der Waals surface area contributed by atoms with Crippen LogP contribution >= 0.6 is 11.3 Å². The maximum atomic E-state index is 4.67. The summed E-state index contributed by atoms with van der Waals surface area (Å²) in [6.45, 7) is 0. The first-order valence-electron chi connectivity index (χ1n) is 9.52. The van der Waals surface area contributed by atoms with E-state index < -0.39 is 0 Å². The molecule has 0 aliphatic heterocycles. The Labute approximate surface area is 174 Å². The number of hydrogen-bond acceptors (Lipinski definition) is 3. The second kappa shape index (κ2) is 7.82. The fraction of sp³-hybridized carbons (Fsp3) is 0. The van der Waals surface area contributed by atoms with Gasteiger partial charge in [0, 0.05) is 23.5 Å². The van der Waals surface area contributed by atoms with Gasteiger partial charge in [0.05, 0.1) is 21.1 Å². The number of rotatable bonds is 4. The Kier molecular flexibility index (Phi) is 4.73. The van der Waals surface area contributed by atoms with Gasteiger partial charge >= 0.3 is 0 Å². The maximum absolute atomic E-state index is 4.67. The summed E-state index contributed by atoms with van der Waals surface area (Å²) < 4.78 is 0. The van der Waals surface area contributed by atoms with E-state index in [4.69, 9.17) is 0 Å². The van der Waals surface area contributed by atoms with Gasteiger partial charge < -0.3 is 0 Å². The van der Waals surface area contributed by atoms with Gasteiger partial charge in [0.25, 0.3) is 0 Å². The van der Waals surface area contributed by atoms with Crippen LogP contribution in [0.3, 0.4) is 0 Å². The zero-order chi connectivity index (χ0) is 19.5. The second-order valence-electron chi connectivity index (χ2n) is 6.67. The lowest BCUT2D eigenvalue weighted by Gasteiger charge is -2.10. The van der Waals surface area contributed by atoms with Crippen molar-refractivity contribution in [3.05, 3.63) is 109 Å². The van der Waals surface area contributed by atoms with Crippen molar-refractivity contribution < 1.29 is 0 Å². The minimum Gasteiger partial charge on any atom is -0.255 e. The molecule has 0 aliphatic carbocycles. The second-order valence-corrected chi connectivity index (χ2v) is 7.69. The van der Waals surface area contributed by atoms with Gasteiger partial charge in [0.15, 0.2) is 0 Å². The molecule has 0 unspecified atom stereocenters. The van der Waals surface area contributed by atoms with E-state index >= 15 is 0 Å². The fourth-order valence-corrected chi connectivity index (χ4v) is 4.85. The molecule has 5 rings (SSSR count). The summed E-state index contributed by atoms with van der Waals surface area (Å²) in [6.07, 6.45) is 3.71. The lowest BCUT2D eigenvalue weighted by Crippen LogP contribution is -1.87. The highest BCUT2D eigenvalue weighted by molar-refractivity contribution is 7.20. The van der Waals surface area contributed by atoms with Crippen LogP contribution in [0.1, 0.15) is 0 Å². The van der Waals surface area contributed by atoms with Crippen molar-refractivity contribution in [3.63, 3.8) is 0 Å². The van der Waals surface area contributed by atoms with E-state index in [1.165, 1.54) is 22.3 Å². The predicted molar refractivity (Wildman–Crippen MR) is 122 cm³/mol. The molecule has 3 aromatic heterocycles. The molecule has 0 aliphatic rings. The third-order valence-corrected chi connectivity index (χ3v) is 6.06. The van der Waals surface area contributed by atoms with Crippen LogP contribution in [0.15, 0.2) is 109 Å². The summed E-state index contributed by atoms with van der Waals surface area (Å²) in [7, 11) is 0. The van der Waals surface area contributed by atoms with Gasteiger partial charge in [0.2, 0.25) is 0 Å². The van der Waals surface area contributed by atoms with Gasteiger partial charge in [-0.2, -0.15) is 0 Å². The molecule has 0 amide bonds. The van der Waals surface area contributed by atoms with Crippen molar-refractivity contribution in [1.82, 2.24) is 9.97 Å². The van der Waals surface area contributed by atoms with Crippen LogP contribution in [0.5, 0.6) is 0 Å². The summed E-state index contributed by atoms with van der Waals surface area (Å²) in [5.74, 6) is 0. The number of aromatic nitrogens is 2. The van der Waals surface area contributed by atoms with Gasteiger partial charge in [-0.1, -0.05) is 72.8 Å². The topological polar surface area (TPSA) is 25.8 Å².